The van der Waals surface area contributed by atoms with Gasteiger partial charge in [-0.3, -0.25) is 0 Å². The highest BCUT2D eigenvalue weighted by molar-refractivity contribution is 9.09. The van der Waals surface area contributed by atoms with Gasteiger partial charge in [0.15, 0.2) is 0 Å². The van der Waals surface area contributed by atoms with Crippen LogP contribution in [0.25, 0.3) is 10.8 Å². The van der Waals surface area contributed by atoms with Gasteiger partial charge in [0, 0.05) is 16.1 Å². The van der Waals surface area contributed by atoms with Crippen LogP contribution in [0.5, 0.6) is 11.5 Å². The van der Waals surface area contributed by atoms with Gasteiger partial charge in [-0.2, -0.15) is 0 Å². The van der Waals surface area contributed by atoms with E-state index in [-0.39, 0.29) is 0 Å². The van der Waals surface area contributed by atoms with Gasteiger partial charge in [0.05, 0.1) is 13.2 Å². The van der Waals surface area contributed by atoms with Crippen molar-refractivity contribution < 1.29 is 9.47 Å². The zero-order valence-electron chi connectivity index (χ0n) is 15.7. The van der Waals surface area contributed by atoms with Gasteiger partial charge in [0.1, 0.15) is 11.5 Å². The molecule has 0 heterocycles. The summed E-state index contributed by atoms with van der Waals surface area (Å²) < 4.78 is 12.0. The molecule has 2 aromatic carbocycles. The van der Waals surface area contributed by atoms with Crippen LogP contribution >= 0.6 is 15.9 Å². The van der Waals surface area contributed by atoms with E-state index in [9.17, 15) is 0 Å². The van der Waals surface area contributed by atoms with Crippen molar-refractivity contribution in [3.63, 3.8) is 0 Å². The number of fused-ring (bicyclic) bond motifs is 1. The number of unbranched alkanes of at least 4 members (excludes halogenated alkanes) is 5. The number of aryl methyl sites for hydroxylation is 1. The number of benzene rings is 2. The quantitative estimate of drug-likeness (QED) is 0.277. The molecule has 2 aromatic rings. The first-order valence-electron chi connectivity index (χ1n) is 9.61. The lowest BCUT2D eigenvalue weighted by atomic mass is 10.1. The third-order valence-corrected chi connectivity index (χ3v) is 4.94. The zero-order chi connectivity index (χ0) is 17.9. The molecular weight excluding hydrogens is 376 g/mol. The van der Waals surface area contributed by atoms with Crippen LogP contribution < -0.4 is 9.47 Å². The second-order valence-corrected chi connectivity index (χ2v) is 7.41. The van der Waals surface area contributed by atoms with E-state index in [0.717, 1.165) is 53.7 Å². The molecule has 138 valence electrons. The molecule has 0 atom stereocenters. The van der Waals surface area contributed by atoms with E-state index in [1.54, 1.807) is 0 Å². The van der Waals surface area contributed by atoms with E-state index in [2.05, 4.69) is 54.0 Å². The minimum atomic E-state index is 0.728. The Morgan fingerprint density at radius 1 is 0.760 bits per heavy atom. The molecule has 0 saturated heterocycles. The Hall–Kier alpha value is -1.22. The number of rotatable bonds is 12. The van der Waals surface area contributed by atoms with Crippen LogP contribution in [0.2, 0.25) is 0 Å². The molecule has 0 amide bonds. The highest BCUT2D eigenvalue weighted by Gasteiger charge is 2.08. The summed E-state index contributed by atoms with van der Waals surface area (Å²) in [6.45, 7) is 5.89. The van der Waals surface area contributed by atoms with Crippen molar-refractivity contribution in [1.29, 1.82) is 0 Å². The van der Waals surface area contributed by atoms with Crippen molar-refractivity contribution in [3.05, 3.63) is 35.9 Å². The fourth-order valence-corrected chi connectivity index (χ4v) is 3.19. The largest absolute Gasteiger partial charge is 0.493 e. The third-order valence-electron chi connectivity index (χ3n) is 4.38. The number of halogens is 1. The van der Waals surface area contributed by atoms with Gasteiger partial charge in [0.25, 0.3) is 0 Å². The van der Waals surface area contributed by atoms with E-state index in [4.69, 9.17) is 9.47 Å². The molecule has 0 saturated carbocycles. The summed E-state index contributed by atoms with van der Waals surface area (Å²) in [4.78, 5) is 0. The topological polar surface area (TPSA) is 18.5 Å². The van der Waals surface area contributed by atoms with Gasteiger partial charge in [0.2, 0.25) is 0 Å². The standard InChI is InChI=1S/C22H31BrO2/c1-3-4-5-6-7-8-15-24-21-12-13-22(25-16-9-14-23)20-17-18(2)10-11-19(20)21/h10-13,17H,3-9,14-16H2,1-2H3. The SMILES string of the molecule is CCCCCCCCOc1ccc(OCCCBr)c2cc(C)ccc12. The Morgan fingerprint density at radius 3 is 2.12 bits per heavy atom. The maximum atomic E-state index is 6.08. The fraction of sp³-hybridized carbons (Fsp3) is 0.545. The first-order chi connectivity index (χ1) is 12.3. The van der Waals surface area contributed by atoms with Crippen molar-refractivity contribution in [2.45, 2.75) is 58.8 Å². The normalized spacial score (nSPS) is 11.0. The maximum Gasteiger partial charge on any atom is 0.127 e. The number of ether oxygens (including phenoxy) is 2. The summed E-state index contributed by atoms with van der Waals surface area (Å²) in [6, 6.07) is 10.6. The lowest BCUT2D eigenvalue weighted by Gasteiger charge is -2.14. The molecule has 0 fully saturated rings. The molecule has 2 rings (SSSR count). The highest BCUT2D eigenvalue weighted by atomic mass is 79.9. The van der Waals surface area contributed by atoms with Crippen LogP contribution in [0.1, 0.15) is 57.4 Å². The molecule has 0 aliphatic carbocycles. The molecular formula is C22H31BrO2. The smallest absolute Gasteiger partial charge is 0.127 e. The lowest BCUT2D eigenvalue weighted by Crippen LogP contribution is -2.01. The van der Waals surface area contributed by atoms with Gasteiger partial charge >= 0.3 is 0 Å². The van der Waals surface area contributed by atoms with E-state index >= 15 is 0 Å². The van der Waals surface area contributed by atoms with Gasteiger partial charge in [-0.1, -0.05) is 72.7 Å². The molecule has 0 aromatic heterocycles. The Morgan fingerprint density at radius 2 is 1.40 bits per heavy atom. The predicted molar refractivity (Wildman–Crippen MR) is 111 cm³/mol. The van der Waals surface area contributed by atoms with Crippen LogP contribution in [0.3, 0.4) is 0 Å². The van der Waals surface area contributed by atoms with Gasteiger partial charge in [-0.05, 0) is 38.0 Å². The first kappa shape index (κ1) is 20.1. The summed E-state index contributed by atoms with van der Waals surface area (Å²) in [5.74, 6) is 1.92. The minimum Gasteiger partial charge on any atom is -0.493 e. The van der Waals surface area contributed by atoms with Gasteiger partial charge in [-0.15, -0.1) is 0 Å². The molecule has 0 spiro atoms. The average Bonchev–Trinajstić information content (AvgIpc) is 2.62. The van der Waals surface area contributed by atoms with Crippen LogP contribution in [0.4, 0.5) is 0 Å². The fourth-order valence-electron chi connectivity index (χ4n) is 2.96. The summed E-state index contributed by atoms with van der Waals surface area (Å²) >= 11 is 3.45. The predicted octanol–water partition coefficient (Wildman–Crippen LogP) is 7.05. The molecule has 0 aliphatic heterocycles. The van der Waals surface area contributed by atoms with E-state index in [0.29, 0.717) is 0 Å². The van der Waals surface area contributed by atoms with Crippen LogP contribution in [0.15, 0.2) is 30.3 Å². The van der Waals surface area contributed by atoms with Crippen molar-refractivity contribution in [2.24, 2.45) is 0 Å². The molecule has 25 heavy (non-hydrogen) atoms. The Bertz CT molecular complexity index is 639. The summed E-state index contributed by atoms with van der Waals surface area (Å²) in [5, 5.41) is 3.26. The van der Waals surface area contributed by atoms with Gasteiger partial charge in [-0.25, -0.2) is 0 Å². The van der Waals surface area contributed by atoms with Crippen molar-refractivity contribution >= 4 is 26.7 Å². The lowest BCUT2D eigenvalue weighted by molar-refractivity contribution is 0.305. The Labute approximate surface area is 161 Å². The van der Waals surface area contributed by atoms with Crippen LogP contribution in [-0.2, 0) is 0 Å². The molecule has 0 N–H and O–H groups in total. The van der Waals surface area contributed by atoms with Gasteiger partial charge < -0.3 is 9.47 Å². The van der Waals surface area contributed by atoms with E-state index in [1.165, 1.54) is 37.7 Å². The molecule has 0 bridgehead atoms. The second kappa shape index (κ2) is 11.4. The van der Waals surface area contributed by atoms with E-state index < -0.39 is 0 Å². The molecule has 0 aliphatic rings. The van der Waals surface area contributed by atoms with Crippen LogP contribution in [-0.4, -0.2) is 18.5 Å². The van der Waals surface area contributed by atoms with E-state index in [1.807, 2.05) is 6.07 Å². The van der Waals surface area contributed by atoms with Crippen molar-refractivity contribution in [3.8, 4) is 11.5 Å². The Balaban J connectivity index is 1.99. The van der Waals surface area contributed by atoms with Crippen molar-refractivity contribution in [2.75, 3.05) is 18.5 Å². The number of hydrogen-bond donors (Lipinski definition) is 0. The highest BCUT2D eigenvalue weighted by Crippen LogP contribution is 2.34. The molecule has 0 radical (unpaired) electrons. The third kappa shape index (κ3) is 6.54. The summed E-state index contributed by atoms with van der Waals surface area (Å²) in [7, 11) is 0. The van der Waals surface area contributed by atoms with Crippen LogP contribution in [0, 0.1) is 6.92 Å². The maximum absolute atomic E-state index is 6.08. The molecule has 3 heteroatoms. The second-order valence-electron chi connectivity index (χ2n) is 6.62. The summed E-state index contributed by atoms with van der Waals surface area (Å²) in [6.07, 6.45) is 8.69. The summed E-state index contributed by atoms with van der Waals surface area (Å²) in [5.41, 5.74) is 1.24. The Kier molecular flexibility index (Phi) is 9.17. The number of alkyl halides is 1. The number of hydrogen-bond acceptors (Lipinski definition) is 2. The molecule has 0 unspecified atom stereocenters. The first-order valence-corrected chi connectivity index (χ1v) is 10.7. The van der Waals surface area contributed by atoms with Crippen molar-refractivity contribution in [1.82, 2.24) is 0 Å². The average molecular weight is 407 g/mol. The minimum absolute atomic E-state index is 0.728. The monoisotopic (exact) mass is 406 g/mol. The zero-order valence-corrected chi connectivity index (χ0v) is 17.2. The molecule has 2 nitrogen and oxygen atoms in total.